The maximum absolute atomic E-state index is 11.8. The summed E-state index contributed by atoms with van der Waals surface area (Å²) in [7, 11) is 1.76. The van der Waals surface area contributed by atoms with Gasteiger partial charge in [0, 0.05) is 18.4 Å². The van der Waals surface area contributed by atoms with Gasteiger partial charge in [-0.1, -0.05) is 18.2 Å². The molecule has 0 unspecified atom stereocenters. The van der Waals surface area contributed by atoms with Crippen LogP contribution in [0.2, 0.25) is 0 Å². The van der Waals surface area contributed by atoms with E-state index in [2.05, 4.69) is 15.7 Å². The molecule has 0 spiro atoms. The van der Waals surface area contributed by atoms with E-state index in [1.165, 1.54) is 0 Å². The molecule has 1 aromatic heterocycles. The molecule has 104 valence electrons. The summed E-state index contributed by atoms with van der Waals surface area (Å²) in [6, 6.07) is 10.7. The highest BCUT2D eigenvalue weighted by Crippen LogP contribution is 2.04. The minimum Gasteiger partial charge on any atom is -0.342 e. The third-order valence-corrected chi connectivity index (χ3v) is 2.81. The number of amides is 2. The first-order valence-electron chi connectivity index (χ1n) is 6.20. The van der Waals surface area contributed by atoms with Crippen LogP contribution >= 0.6 is 0 Å². The van der Waals surface area contributed by atoms with Gasteiger partial charge in [0.2, 0.25) is 5.91 Å². The van der Waals surface area contributed by atoms with Crippen molar-refractivity contribution >= 4 is 17.5 Å². The normalized spacial score (nSPS) is 10.1. The molecule has 2 amide bonds. The maximum atomic E-state index is 11.8. The average Bonchev–Trinajstić information content (AvgIpc) is 2.77. The molecule has 1 heterocycles. The Bertz CT molecular complexity index is 600. The van der Waals surface area contributed by atoms with E-state index >= 15 is 0 Å². The Morgan fingerprint density at radius 3 is 2.55 bits per heavy atom. The van der Waals surface area contributed by atoms with E-state index in [-0.39, 0.29) is 18.4 Å². The Balaban J connectivity index is 1.86. The minimum atomic E-state index is -0.364. The summed E-state index contributed by atoms with van der Waals surface area (Å²) in [6.45, 7) is 1.76. The van der Waals surface area contributed by atoms with E-state index in [9.17, 15) is 9.59 Å². The zero-order chi connectivity index (χ0) is 14.5. The largest absolute Gasteiger partial charge is 0.342 e. The topological polar surface area (TPSA) is 76.0 Å². The molecule has 2 aromatic rings. The van der Waals surface area contributed by atoms with Crippen molar-refractivity contribution in [2.45, 2.75) is 6.92 Å². The fourth-order valence-corrected chi connectivity index (χ4v) is 1.65. The van der Waals surface area contributed by atoms with E-state index in [1.54, 1.807) is 29.9 Å². The zero-order valence-electron chi connectivity index (χ0n) is 11.4. The van der Waals surface area contributed by atoms with Crippen LogP contribution in [-0.2, 0) is 11.8 Å². The molecule has 0 radical (unpaired) electrons. The van der Waals surface area contributed by atoms with Crippen LogP contribution in [0.5, 0.6) is 0 Å². The van der Waals surface area contributed by atoms with Crippen LogP contribution in [-0.4, -0.2) is 28.1 Å². The summed E-state index contributed by atoms with van der Waals surface area (Å²) >= 11 is 0. The molecule has 20 heavy (non-hydrogen) atoms. The molecule has 6 heteroatoms. The molecular weight excluding hydrogens is 256 g/mol. The predicted molar refractivity (Wildman–Crippen MR) is 75.3 cm³/mol. The number of aromatic nitrogens is 2. The number of aryl methyl sites for hydroxylation is 2. The van der Waals surface area contributed by atoms with Crippen LogP contribution in [0.4, 0.5) is 5.69 Å². The van der Waals surface area contributed by atoms with Crippen molar-refractivity contribution in [3.63, 3.8) is 0 Å². The van der Waals surface area contributed by atoms with E-state index in [1.807, 2.05) is 25.1 Å². The quantitative estimate of drug-likeness (QED) is 0.875. The standard InChI is InChI=1S/C14H16N4O2/c1-10-8-12(17-18(10)2)14(20)15-9-13(19)16-11-6-4-3-5-7-11/h3-8H,9H2,1-2H3,(H,15,20)(H,16,19). The van der Waals surface area contributed by atoms with Crippen LogP contribution in [0.3, 0.4) is 0 Å². The number of rotatable bonds is 4. The van der Waals surface area contributed by atoms with Gasteiger partial charge in [0.1, 0.15) is 5.69 Å². The lowest BCUT2D eigenvalue weighted by molar-refractivity contribution is -0.115. The van der Waals surface area contributed by atoms with Gasteiger partial charge in [-0.3, -0.25) is 14.3 Å². The van der Waals surface area contributed by atoms with E-state index in [0.29, 0.717) is 11.4 Å². The van der Waals surface area contributed by atoms with Crippen LogP contribution in [0, 0.1) is 6.92 Å². The number of anilines is 1. The van der Waals surface area contributed by atoms with Gasteiger partial charge in [0.05, 0.1) is 6.54 Å². The smallest absolute Gasteiger partial charge is 0.272 e. The highest BCUT2D eigenvalue weighted by atomic mass is 16.2. The predicted octanol–water partition coefficient (Wildman–Crippen LogP) is 1.10. The molecule has 2 N–H and O–H groups in total. The summed E-state index contributed by atoms with van der Waals surface area (Å²) in [5, 5.41) is 9.26. The van der Waals surface area contributed by atoms with Crippen molar-refractivity contribution in [2.75, 3.05) is 11.9 Å². The lowest BCUT2D eigenvalue weighted by Gasteiger charge is -2.05. The number of nitrogens with zero attached hydrogens (tertiary/aromatic N) is 2. The second-order valence-corrected chi connectivity index (χ2v) is 4.39. The number of carbonyl (C=O) groups is 2. The molecule has 1 aromatic carbocycles. The summed E-state index contributed by atoms with van der Waals surface area (Å²) in [5.74, 6) is -0.644. The summed E-state index contributed by atoms with van der Waals surface area (Å²) in [4.78, 5) is 23.5. The number of hydrogen-bond acceptors (Lipinski definition) is 3. The van der Waals surface area contributed by atoms with Gasteiger partial charge in [0.15, 0.2) is 0 Å². The lowest BCUT2D eigenvalue weighted by atomic mass is 10.3. The summed E-state index contributed by atoms with van der Waals surface area (Å²) < 4.78 is 1.61. The molecule has 0 saturated carbocycles. The number of hydrogen-bond donors (Lipinski definition) is 2. The van der Waals surface area contributed by atoms with Gasteiger partial charge in [-0.2, -0.15) is 5.10 Å². The zero-order valence-corrected chi connectivity index (χ0v) is 11.4. The molecule has 0 bridgehead atoms. The van der Waals surface area contributed by atoms with Crippen molar-refractivity contribution in [2.24, 2.45) is 7.05 Å². The van der Waals surface area contributed by atoms with Gasteiger partial charge in [-0.05, 0) is 25.1 Å². The van der Waals surface area contributed by atoms with Crippen molar-refractivity contribution in [1.82, 2.24) is 15.1 Å². The number of carbonyl (C=O) groups excluding carboxylic acids is 2. The highest BCUT2D eigenvalue weighted by Gasteiger charge is 2.12. The SMILES string of the molecule is Cc1cc(C(=O)NCC(=O)Nc2ccccc2)nn1C. The van der Waals surface area contributed by atoms with Crippen molar-refractivity contribution in [3.05, 3.63) is 47.8 Å². The van der Waals surface area contributed by atoms with Crippen LogP contribution < -0.4 is 10.6 Å². The molecule has 0 fully saturated rings. The van der Waals surface area contributed by atoms with Crippen molar-refractivity contribution in [3.8, 4) is 0 Å². The number of para-hydroxylation sites is 1. The Hall–Kier alpha value is -2.63. The second kappa shape index (κ2) is 6.01. The Morgan fingerprint density at radius 2 is 1.95 bits per heavy atom. The van der Waals surface area contributed by atoms with Gasteiger partial charge >= 0.3 is 0 Å². The first-order chi connectivity index (χ1) is 9.56. The Labute approximate surface area is 116 Å². The molecule has 2 rings (SSSR count). The van der Waals surface area contributed by atoms with Gasteiger partial charge in [-0.25, -0.2) is 0 Å². The molecule has 0 aliphatic carbocycles. The minimum absolute atomic E-state index is 0.0939. The van der Waals surface area contributed by atoms with Crippen molar-refractivity contribution < 1.29 is 9.59 Å². The van der Waals surface area contributed by atoms with Crippen molar-refractivity contribution in [1.29, 1.82) is 0 Å². The summed E-state index contributed by atoms with van der Waals surface area (Å²) in [6.07, 6.45) is 0. The molecule has 0 atom stereocenters. The molecular formula is C14H16N4O2. The third-order valence-electron chi connectivity index (χ3n) is 2.81. The van der Waals surface area contributed by atoms with Gasteiger partial charge in [0.25, 0.3) is 5.91 Å². The van der Waals surface area contributed by atoms with E-state index in [0.717, 1.165) is 5.69 Å². The Morgan fingerprint density at radius 1 is 1.25 bits per heavy atom. The monoisotopic (exact) mass is 272 g/mol. The molecule has 0 saturated heterocycles. The molecule has 0 aliphatic rings. The van der Waals surface area contributed by atoms with Crippen LogP contribution in [0.25, 0.3) is 0 Å². The van der Waals surface area contributed by atoms with Crippen LogP contribution in [0.15, 0.2) is 36.4 Å². The van der Waals surface area contributed by atoms with Gasteiger partial charge < -0.3 is 10.6 Å². The number of nitrogens with one attached hydrogen (secondary N) is 2. The lowest BCUT2D eigenvalue weighted by Crippen LogP contribution is -2.33. The fraction of sp³-hybridized carbons (Fsp3) is 0.214. The van der Waals surface area contributed by atoms with E-state index in [4.69, 9.17) is 0 Å². The highest BCUT2D eigenvalue weighted by molar-refractivity contribution is 5.98. The first kappa shape index (κ1) is 13.8. The second-order valence-electron chi connectivity index (χ2n) is 4.39. The Kier molecular flexibility index (Phi) is 4.14. The van der Waals surface area contributed by atoms with E-state index < -0.39 is 0 Å². The first-order valence-corrected chi connectivity index (χ1v) is 6.20. The molecule has 0 aliphatic heterocycles. The molecule has 6 nitrogen and oxygen atoms in total. The van der Waals surface area contributed by atoms with Gasteiger partial charge in [-0.15, -0.1) is 0 Å². The summed E-state index contributed by atoms with van der Waals surface area (Å²) in [5.41, 5.74) is 1.88. The van der Waals surface area contributed by atoms with Crippen LogP contribution in [0.1, 0.15) is 16.2 Å². The third kappa shape index (κ3) is 3.44. The number of benzene rings is 1. The average molecular weight is 272 g/mol. The maximum Gasteiger partial charge on any atom is 0.272 e. The fourth-order valence-electron chi connectivity index (χ4n) is 1.65.